The average Bonchev–Trinajstić information content (AvgIpc) is 2.60. The van der Waals surface area contributed by atoms with Gasteiger partial charge in [0.1, 0.15) is 0 Å². The Labute approximate surface area is 161 Å². The second-order valence-electron chi connectivity index (χ2n) is 9.37. The molecule has 2 amide bonds. The molecule has 0 saturated heterocycles. The van der Waals surface area contributed by atoms with Crippen molar-refractivity contribution < 1.29 is 9.59 Å². The van der Waals surface area contributed by atoms with Gasteiger partial charge in [-0.25, -0.2) is 0 Å². The number of hydrogen-bond acceptors (Lipinski definition) is 3. The molecule has 1 aromatic rings. The first-order chi connectivity index (χ1) is 12.8. The monoisotopic (exact) mass is 369 g/mol. The number of anilines is 2. The van der Waals surface area contributed by atoms with Crippen LogP contribution in [-0.4, -0.2) is 32.0 Å². The summed E-state index contributed by atoms with van der Waals surface area (Å²) in [7, 11) is 3.89. The standard InChI is InChI=1S/C22H31N3O2/c1-14(22-11-15-7-16(12-22)9-17(8-15)13-22)23-20(26)21(27)24-18-5-4-6-19(10-18)25(2)3/h4-6,10,14-17H,7-9,11-13H2,1-3H3,(H,23,26)(H,24,27). The number of rotatable bonds is 4. The SMILES string of the molecule is CC(NC(=O)C(=O)Nc1cccc(N(C)C)c1)C12CC3CC(CC(C3)C1)C2. The van der Waals surface area contributed by atoms with Crippen molar-refractivity contribution >= 4 is 23.2 Å². The summed E-state index contributed by atoms with van der Waals surface area (Å²) < 4.78 is 0. The summed E-state index contributed by atoms with van der Waals surface area (Å²) in [6, 6.07) is 7.57. The quantitative estimate of drug-likeness (QED) is 0.800. The summed E-state index contributed by atoms with van der Waals surface area (Å²) in [5.41, 5.74) is 1.83. The molecule has 4 aliphatic rings. The van der Waals surface area contributed by atoms with Crippen molar-refractivity contribution in [3.05, 3.63) is 24.3 Å². The van der Waals surface area contributed by atoms with Gasteiger partial charge in [-0.2, -0.15) is 0 Å². The first-order valence-corrected chi connectivity index (χ1v) is 10.2. The highest BCUT2D eigenvalue weighted by Gasteiger charge is 2.53. The fourth-order valence-electron chi connectivity index (χ4n) is 6.17. The van der Waals surface area contributed by atoms with Crippen LogP contribution < -0.4 is 15.5 Å². The average molecular weight is 370 g/mol. The second-order valence-corrected chi connectivity index (χ2v) is 9.37. The Morgan fingerprint density at radius 1 is 1.04 bits per heavy atom. The summed E-state index contributed by atoms with van der Waals surface area (Å²) in [5.74, 6) is 1.39. The van der Waals surface area contributed by atoms with Gasteiger partial charge < -0.3 is 15.5 Å². The van der Waals surface area contributed by atoms with Crippen LogP contribution in [0.25, 0.3) is 0 Å². The number of nitrogens with one attached hydrogen (secondary N) is 2. The van der Waals surface area contributed by atoms with E-state index < -0.39 is 11.8 Å². The van der Waals surface area contributed by atoms with Gasteiger partial charge in [0.25, 0.3) is 0 Å². The van der Waals surface area contributed by atoms with E-state index in [0.29, 0.717) is 5.69 Å². The second kappa shape index (κ2) is 6.84. The summed E-state index contributed by atoms with van der Waals surface area (Å²) in [6.45, 7) is 2.10. The fraction of sp³-hybridized carbons (Fsp3) is 0.636. The highest BCUT2D eigenvalue weighted by Crippen LogP contribution is 2.61. The van der Waals surface area contributed by atoms with Gasteiger partial charge in [-0.15, -0.1) is 0 Å². The van der Waals surface area contributed by atoms with Gasteiger partial charge in [-0.05, 0) is 86.8 Å². The molecule has 4 bridgehead atoms. The molecule has 4 saturated carbocycles. The molecule has 0 aromatic heterocycles. The predicted molar refractivity (Wildman–Crippen MR) is 108 cm³/mol. The van der Waals surface area contributed by atoms with Gasteiger partial charge >= 0.3 is 11.8 Å². The van der Waals surface area contributed by atoms with Crippen LogP contribution in [0.1, 0.15) is 45.4 Å². The van der Waals surface area contributed by atoms with E-state index in [1.165, 1.54) is 38.5 Å². The summed E-state index contributed by atoms with van der Waals surface area (Å²) in [4.78, 5) is 26.9. The minimum absolute atomic E-state index is 0.0530. The Kier molecular flexibility index (Phi) is 4.65. The molecular formula is C22H31N3O2. The summed E-state index contributed by atoms with van der Waals surface area (Å²) in [6.07, 6.45) is 7.78. The number of carbonyl (C=O) groups is 2. The third kappa shape index (κ3) is 3.56. The highest BCUT2D eigenvalue weighted by atomic mass is 16.2. The third-order valence-corrected chi connectivity index (χ3v) is 7.18. The molecule has 1 atom stereocenters. The molecule has 2 N–H and O–H groups in total. The zero-order valence-corrected chi connectivity index (χ0v) is 16.6. The molecule has 5 heteroatoms. The lowest BCUT2D eigenvalue weighted by molar-refractivity contribution is -0.138. The van der Waals surface area contributed by atoms with E-state index in [0.717, 1.165) is 23.4 Å². The smallest absolute Gasteiger partial charge is 0.313 e. The van der Waals surface area contributed by atoms with Crippen molar-refractivity contribution in [3.63, 3.8) is 0 Å². The van der Waals surface area contributed by atoms with Crippen LogP contribution in [0, 0.1) is 23.2 Å². The van der Waals surface area contributed by atoms with E-state index in [4.69, 9.17) is 0 Å². The first-order valence-electron chi connectivity index (χ1n) is 10.2. The zero-order chi connectivity index (χ0) is 19.2. The molecule has 5 rings (SSSR count). The molecule has 1 unspecified atom stereocenters. The Bertz CT molecular complexity index is 708. The minimum Gasteiger partial charge on any atom is -0.378 e. The van der Waals surface area contributed by atoms with Crippen molar-refractivity contribution in [1.82, 2.24) is 5.32 Å². The number of amides is 2. The molecule has 0 radical (unpaired) electrons. The van der Waals surface area contributed by atoms with Crippen LogP contribution in [0.4, 0.5) is 11.4 Å². The zero-order valence-electron chi connectivity index (χ0n) is 16.6. The lowest BCUT2D eigenvalue weighted by atomic mass is 9.48. The Morgan fingerprint density at radius 3 is 2.19 bits per heavy atom. The Morgan fingerprint density at radius 2 is 1.63 bits per heavy atom. The molecule has 1 aromatic carbocycles. The molecule has 146 valence electrons. The molecule has 4 fully saturated rings. The number of nitrogens with zero attached hydrogens (tertiary/aromatic N) is 1. The normalized spacial score (nSPS) is 32.0. The summed E-state index contributed by atoms with van der Waals surface area (Å²) >= 11 is 0. The highest BCUT2D eigenvalue weighted by molar-refractivity contribution is 6.39. The van der Waals surface area contributed by atoms with Gasteiger partial charge in [-0.1, -0.05) is 6.07 Å². The van der Waals surface area contributed by atoms with Crippen molar-refractivity contribution in [3.8, 4) is 0 Å². The molecular weight excluding hydrogens is 338 g/mol. The van der Waals surface area contributed by atoms with Gasteiger partial charge in [0.2, 0.25) is 0 Å². The van der Waals surface area contributed by atoms with E-state index in [1.54, 1.807) is 6.07 Å². The van der Waals surface area contributed by atoms with Crippen molar-refractivity contribution in [2.75, 3.05) is 24.3 Å². The molecule has 5 nitrogen and oxygen atoms in total. The van der Waals surface area contributed by atoms with Gasteiger partial charge in [-0.3, -0.25) is 9.59 Å². The van der Waals surface area contributed by atoms with Gasteiger partial charge in [0.15, 0.2) is 0 Å². The van der Waals surface area contributed by atoms with Crippen LogP contribution in [0.5, 0.6) is 0 Å². The largest absolute Gasteiger partial charge is 0.378 e. The van der Waals surface area contributed by atoms with Crippen LogP contribution in [0.3, 0.4) is 0 Å². The molecule has 0 spiro atoms. The van der Waals surface area contributed by atoms with Crippen LogP contribution in [0.2, 0.25) is 0 Å². The van der Waals surface area contributed by atoms with E-state index in [2.05, 4.69) is 17.6 Å². The van der Waals surface area contributed by atoms with Crippen LogP contribution >= 0.6 is 0 Å². The van der Waals surface area contributed by atoms with Crippen molar-refractivity contribution in [1.29, 1.82) is 0 Å². The van der Waals surface area contributed by atoms with Crippen molar-refractivity contribution in [2.45, 2.75) is 51.5 Å². The fourth-order valence-corrected chi connectivity index (χ4v) is 6.17. The number of benzene rings is 1. The third-order valence-electron chi connectivity index (χ3n) is 7.18. The van der Waals surface area contributed by atoms with E-state index in [-0.39, 0.29) is 11.5 Å². The van der Waals surface area contributed by atoms with Gasteiger partial charge in [0.05, 0.1) is 0 Å². The van der Waals surface area contributed by atoms with Crippen LogP contribution in [0.15, 0.2) is 24.3 Å². The molecule has 0 heterocycles. The maximum atomic E-state index is 12.5. The molecule has 4 aliphatic carbocycles. The lowest BCUT2D eigenvalue weighted by Crippen LogP contribution is -2.57. The molecule has 0 aliphatic heterocycles. The maximum Gasteiger partial charge on any atom is 0.313 e. The Hall–Kier alpha value is -2.04. The predicted octanol–water partition coefficient (Wildman–Crippen LogP) is 3.41. The van der Waals surface area contributed by atoms with Gasteiger partial charge in [0, 0.05) is 31.5 Å². The lowest BCUT2D eigenvalue weighted by Gasteiger charge is -2.59. The van der Waals surface area contributed by atoms with E-state index in [9.17, 15) is 9.59 Å². The van der Waals surface area contributed by atoms with E-state index >= 15 is 0 Å². The Balaban J connectivity index is 1.38. The molecule has 27 heavy (non-hydrogen) atoms. The topological polar surface area (TPSA) is 61.4 Å². The number of carbonyl (C=O) groups excluding carboxylic acids is 2. The number of hydrogen-bond donors (Lipinski definition) is 2. The summed E-state index contributed by atoms with van der Waals surface area (Å²) in [5, 5.41) is 5.77. The van der Waals surface area contributed by atoms with E-state index in [1.807, 2.05) is 37.2 Å². The maximum absolute atomic E-state index is 12.5. The van der Waals surface area contributed by atoms with Crippen molar-refractivity contribution in [2.24, 2.45) is 23.2 Å². The first kappa shape index (κ1) is 18.3. The van der Waals surface area contributed by atoms with Crippen LogP contribution in [-0.2, 0) is 9.59 Å². The minimum atomic E-state index is -0.581.